The van der Waals surface area contributed by atoms with Gasteiger partial charge in [0, 0.05) is 11.3 Å². The lowest BCUT2D eigenvalue weighted by atomic mass is 10.2. The number of nitrogens with zero attached hydrogens (tertiary/aromatic N) is 3. The summed E-state index contributed by atoms with van der Waals surface area (Å²) in [5.41, 5.74) is 8.27. The molecule has 3 aromatic rings. The van der Waals surface area contributed by atoms with Crippen LogP contribution in [0.2, 0.25) is 0 Å². The Morgan fingerprint density at radius 3 is 2.65 bits per heavy atom. The van der Waals surface area contributed by atoms with E-state index in [9.17, 15) is 4.39 Å². The predicted octanol–water partition coefficient (Wildman–Crippen LogP) is 2.71. The number of nitrogens with two attached hydrogens (primary N) is 1. The van der Waals surface area contributed by atoms with E-state index < -0.39 is 0 Å². The molecule has 0 aliphatic rings. The van der Waals surface area contributed by atoms with Crippen LogP contribution < -0.4 is 5.73 Å². The number of hydrogen-bond donors (Lipinski definition) is 1. The van der Waals surface area contributed by atoms with Gasteiger partial charge in [0.1, 0.15) is 12.1 Å². The van der Waals surface area contributed by atoms with Crippen LogP contribution in [0.25, 0.3) is 11.4 Å². The van der Waals surface area contributed by atoms with Gasteiger partial charge in [0.2, 0.25) is 0 Å². The Balaban J connectivity index is 1.82. The molecule has 0 fully saturated rings. The molecule has 1 aromatic heterocycles. The maximum Gasteiger partial charge on any atom is 0.181 e. The van der Waals surface area contributed by atoms with Crippen LogP contribution in [0.3, 0.4) is 0 Å². The quantitative estimate of drug-likeness (QED) is 0.743. The Morgan fingerprint density at radius 1 is 1.10 bits per heavy atom. The van der Waals surface area contributed by atoms with Gasteiger partial charge in [0.25, 0.3) is 0 Å². The normalized spacial score (nSPS) is 10.7. The van der Waals surface area contributed by atoms with E-state index in [1.165, 1.54) is 12.1 Å². The molecular formula is C15H13FN4. The van der Waals surface area contributed by atoms with Crippen LogP contribution in [0.1, 0.15) is 5.56 Å². The van der Waals surface area contributed by atoms with Gasteiger partial charge in [-0.05, 0) is 29.8 Å². The first kappa shape index (κ1) is 12.3. The zero-order valence-electron chi connectivity index (χ0n) is 10.7. The van der Waals surface area contributed by atoms with Gasteiger partial charge in [-0.1, -0.05) is 24.3 Å². The molecule has 5 heteroatoms. The monoisotopic (exact) mass is 268 g/mol. The average Bonchev–Trinajstić information content (AvgIpc) is 2.90. The average molecular weight is 268 g/mol. The third-order valence-electron chi connectivity index (χ3n) is 2.94. The molecule has 100 valence electrons. The van der Waals surface area contributed by atoms with Gasteiger partial charge in [0.05, 0.1) is 6.54 Å². The smallest absolute Gasteiger partial charge is 0.181 e. The fourth-order valence-electron chi connectivity index (χ4n) is 1.96. The summed E-state index contributed by atoms with van der Waals surface area (Å²) in [5, 5.41) is 4.40. The van der Waals surface area contributed by atoms with Crippen molar-refractivity contribution < 1.29 is 4.39 Å². The first-order valence-corrected chi connectivity index (χ1v) is 6.20. The van der Waals surface area contributed by atoms with Gasteiger partial charge < -0.3 is 5.73 Å². The highest BCUT2D eigenvalue weighted by atomic mass is 19.1. The number of benzene rings is 2. The zero-order chi connectivity index (χ0) is 13.9. The number of nitrogen functional groups attached to an aromatic ring is 1. The summed E-state index contributed by atoms with van der Waals surface area (Å²) in [6.45, 7) is 0.551. The van der Waals surface area contributed by atoms with Crippen LogP contribution in [-0.2, 0) is 6.54 Å². The Kier molecular flexibility index (Phi) is 3.16. The second-order valence-electron chi connectivity index (χ2n) is 4.52. The molecular weight excluding hydrogens is 255 g/mol. The molecule has 0 spiro atoms. The van der Waals surface area contributed by atoms with Gasteiger partial charge in [0.15, 0.2) is 5.82 Å². The Morgan fingerprint density at radius 2 is 1.90 bits per heavy atom. The predicted molar refractivity (Wildman–Crippen MR) is 75.4 cm³/mol. The molecule has 2 N–H and O–H groups in total. The van der Waals surface area contributed by atoms with E-state index in [1.54, 1.807) is 23.1 Å². The number of rotatable bonds is 3. The fourth-order valence-corrected chi connectivity index (χ4v) is 1.96. The molecule has 0 unspecified atom stereocenters. The Bertz CT molecular complexity index is 719. The summed E-state index contributed by atoms with van der Waals surface area (Å²) >= 11 is 0. The number of halogens is 1. The molecule has 3 rings (SSSR count). The van der Waals surface area contributed by atoms with Crippen molar-refractivity contribution in [1.82, 2.24) is 14.8 Å². The molecule has 20 heavy (non-hydrogen) atoms. The Labute approximate surface area is 115 Å². The summed E-state index contributed by atoms with van der Waals surface area (Å²) in [6.07, 6.45) is 1.65. The lowest BCUT2D eigenvalue weighted by Gasteiger charge is -2.01. The molecule has 4 nitrogen and oxygen atoms in total. The summed E-state index contributed by atoms with van der Waals surface area (Å²) in [6, 6.07) is 13.8. The van der Waals surface area contributed by atoms with Crippen molar-refractivity contribution in [2.75, 3.05) is 5.73 Å². The Hall–Kier alpha value is -2.69. The maximum absolute atomic E-state index is 12.8. The van der Waals surface area contributed by atoms with E-state index in [2.05, 4.69) is 10.1 Å². The third-order valence-corrected chi connectivity index (χ3v) is 2.94. The minimum absolute atomic E-state index is 0.243. The highest BCUT2D eigenvalue weighted by Gasteiger charge is 2.05. The lowest BCUT2D eigenvalue weighted by Crippen LogP contribution is -2.00. The molecule has 0 aliphatic heterocycles. The fraction of sp³-hybridized carbons (Fsp3) is 0.0667. The van der Waals surface area contributed by atoms with Gasteiger partial charge in [-0.3, -0.25) is 0 Å². The summed E-state index contributed by atoms with van der Waals surface area (Å²) in [7, 11) is 0. The molecule has 0 radical (unpaired) electrons. The van der Waals surface area contributed by atoms with E-state index in [4.69, 9.17) is 5.73 Å². The van der Waals surface area contributed by atoms with E-state index in [-0.39, 0.29) is 5.82 Å². The molecule has 1 heterocycles. The number of aromatic nitrogens is 3. The highest BCUT2D eigenvalue weighted by molar-refractivity contribution is 5.60. The molecule has 0 atom stereocenters. The van der Waals surface area contributed by atoms with Crippen LogP contribution in [0, 0.1) is 5.82 Å². The molecule has 0 bridgehead atoms. The zero-order valence-corrected chi connectivity index (χ0v) is 10.7. The molecule has 2 aromatic carbocycles. The van der Waals surface area contributed by atoms with Crippen molar-refractivity contribution in [2.24, 2.45) is 0 Å². The summed E-state index contributed by atoms with van der Waals surface area (Å²) in [5.74, 6) is 0.382. The van der Waals surface area contributed by atoms with Crippen LogP contribution in [-0.4, -0.2) is 14.8 Å². The second-order valence-corrected chi connectivity index (χ2v) is 4.52. The standard InChI is InChI=1S/C15H13FN4/c16-13-6-4-11(5-7-13)9-20-10-18-15(19-20)12-2-1-3-14(17)8-12/h1-8,10H,9,17H2. The SMILES string of the molecule is Nc1cccc(-c2ncn(Cc3ccc(F)cc3)n2)c1. The van der Waals surface area contributed by atoms with Crippen molar-refractivity contribution in [2.45, 2.75) is 6.54 Å². The van der Waals surface area contributed by atoms with E-state index in [0.717, 1.165) is 11.1 Å². The van der Waals surface area contributed by atoms with E-state index in [1.807, 2.05) is 24.3 Å². The van der Waals surface area contributed by atoms with E-state index >= 15 is 0 Å². The van der Waals surface area contributed by atoms with E-state index in [0.29, 0.717) is 18.1 Å². The summed E-state index contributed by atoms with van der Waals surface area (Å²) < 4.78 is 14.6. The minimum Gasteiger partial charge on any atom is -0.399 e. The summed E-state index contributed by atoms with van der Waals surface area (Å²) in [4.78, 5) is 4.26. The first-order valence-electron chi connectivity index (χ1n) is 6.20. The number of anilines is 1. The van der Waals surface area contributed by atoms with Crippen molar-refractivity contribution in [1.29, 1.82) is 0 Å². The van der Waals surface area contributed by atoms with Gasteiger partial charge in [-0.2, -0.15) is 5.10 Å². The van der Waals surface area contributed by atoms with Gasteiger partial charge >= 0.3 is 0 Å². The molecule has 0 aliphatic carbocycles. The largest absolute Gasteiger partial charge is 0.399 e. The lowest BCUT2D eigenvalue weighted by molar-refractivity contribution is 0.624. The maximum atomic E-state index is 12.8. The van der Waals surface area contributed by atoms with Crippen LogP contribution >= 0.6 is 0 Å². The van der Waals surface area contributed by atoms with Gasteiger partial charge in [-0.25, -0.2) is 14.1 Å². The molecule has 0 saturated heterocycles. The second kappa shape index (κ2) is 5.13. The minimum atomic E-state index is -0.243. The molecule has 0 amide bonds. The van der Waals surface area contributed by atoms with Crippen molar-refractivity contribution in [3.8, 4) is 11.4 Å². The topological polar surface area (TPSA) is 56.7 Å². The van der Waals surface area contributed by atoms with Crippen LogP contribution in [0.5, 0.6) is 0 Å². The van der Waals surface area contributed by atoms with Crippen molar-refractivity contribution >= 4 is 5.69 Å². The number of hydrogen-bond acceptors (Lipinski definition) is 3. The van der Waals surface area contributed by atoms with Crippen molar-refractivity contribution in [3.05, 3.63) is 66.2 Å². The van der Waals surface area contributed by atoms with Crippen LogP contribution in [0.15, 0.2) is 54.9 Å². The first-order chi connectivity index (χ1) is 9.70. The van der Waals surface area contributed by atoms with Crippen LogP contribution in [0.4, 0.5) is 10.1 Å². The van der Waals surface area contributed by atoms with Gasteiger partial charge in [-0.15, -0.1) is 0 Å². The third kappa shape index (κ3) is 2.66. The van der Waals surface area contributed by atoms with Crippen molar-refractivity contribution in [3.63, 3.8) is 0 Å². The molecule has 0 saturated carbocycles. The highest BCUT2D eigenvalue weighted by Crippen LogP contribution is 2.17.